The maximum absolute atomic E-state index is 11.9. The molecule has 110 valence electrons. The Kier molecular flexibility index (Phi) is 2.80. The first-order valence-corrected chi connectivity index (χ1v) is 8.13. The van der Waals surface area contributed by atoms with Gasteiger partial charge in [0.15, 0.2) is 9.84 Å². The Balaban J connectivity index is 2.38. The van der Waals surface area contributed by atoms with Crippen molar-refractivity contribution in [3.63, 3.8) is 0 Å². The van der Waals surface area contributed by atoms with Crippen LogP contribution in [0, 0.1) is 0 Å². The standard InChI is InChI=1S/C13H15N5O2S/c1-17-9-5-4-6-10(21(3,19)20)11(9)16-13(17)8-7-15-18(2)12(8)14/h4-7H,14H2,1-3H3. The van der Waals surface area contributed by atoms with Crippen LogP contribution in [0.15, 0.2) is 29.3 Å². The van der Waals surface area contributed by atoms with Crippen LogP contribution >= 0.6 is 0 Å². The number of hydrogen-bond acceptors (Lipinski definition) is 5. The molecule has 0 amide bonds. The van der Waals surface area contributed by atoms with Crippen LogP contribution in [0.3, 0.4) is 0 Å². The van der Waals surface area contributed by atoms with Gasteiger partial charge in [-0.1, -0.05) is 6.07 Å². The van der Waals surface area contributed by atoms with Gasteiger partial charge in [-0.25, -0.2) is 13.4 Å². The normalized spacial score (nSPS) is 12.1. The number of hydrogen-bond donors (Lipinski definition) is 1. The summed E-state index contributed by atoms with van der Waals surface area (Å²) >= 11 is 0. The zero-order valence-electron chi connectivity index (χ0n) is 11.9. The average molecular weight is 305 g/mol. The van der Waals surface area contributed by atoms with Crippen LogP contribution in [0.4, 0.5) is 5.82 Å². The molecule has 0 radical (unpaired) electrons. The van der Waals surface area contributed by atoms with Gasteiger partial charge in [0.1, 0.15) is 17.2 Å². The summed E-state index contributed by atoms with van der Waals surface area (Å²) in [5.41, 5.74) is 7.83. The predicted octanol–water partition coefficient (Wildman–Crippen LogP) is 0.960. The lowest BCUT2D eigenvalue weighted by molar-refractivity contribution is 0.602. The van der Waals surface area contributed by atoms with Crippen LogP contribution in [0.1, 0.15) is 0 Å². The Bertz CT molecular complexity index is 953. The molecule has 0 saturated carbocycles. The molecule has 0 aliphatic rings. The van der Waals surface area contributed by atoms with Crippen LogP contribution in [-0.4, -0.2) is 34.0 Å². The monoisotopic (exact) mass is 305 g/mol. The van der Waals surface area contributed by atoms with E-state index < -0.39 is 9.84 Å². The fraction of sp³-hybridized carbons (Fsp3) is 0.231. The van der Waals surface area contributed by atoms with E-state index in [0.717, 1.165) is 5.52 Å². The number of sulfone groups is 1. The summed E-state index contributed by atoms with van der Waals surface area (Å²) in [7, 11) is 0.214. The van der Waals surface area contributed by atoms with Crippen LogP contribution in [-0.2, 0) is 23.9 Å². The Morgan fingerprint density at radius 2 is 1.95 bits per heavy atom. The molecule has 0 aliphatic carbocycles. The van der Waals surface area contributed by atoms with Gasteiger partial charge in [-0.3, -0.25) is 4.68 Å². The second kappa shape index (κ2) is 4.32. The zero-order valence-corrected chi connectivity index (χ0v) is 12.7. The summed E-state index contributed by atoms with van der Waals surface area (Å²) in [5, 5.41) is 4.10. The van der Waals surface area contributed by atoms with Gasteiger partial charge in [0.2, 0.25) is 0 Å². The molecule has 7 nitrogen and oxygen atoms in total. The van der Waals surface area contributed by atoms with Gasteiger partial charge in [-0.15, -0.1) is 0 Å². The number of benzene rings is 1. The fourth-order valence-electron chi connectivity index (χ4n) is 2.35. The van der Waals surface area contributed by atoms with Gasteiger partial charge >= 0.3 is 0 Å². The maximum atomic E-state index is 11.9. The van der Waals surface area contributed by atoms with Crippen molar-refractivity contribution in [3.8, 4) is 11.4 Å². The first-order chi connectivity index (χ1) is 9.80. The van der Waals surface area contributed by atoms with Crippen molar-refractivity contribution in [2.75, 3.05) is 12.0 Å². The summed E-state index contributed by atoms with van der Waals surface area (Å²) < 4.78 is 27.1. The quantitative estimate of drug-likeness (QED) is 0.760. The molecule has 2 aromatic heterocycles. The summed E-state index contributed by atoms with van der Waals surface area (Å²) in [6.45, 7) is 0. The number of nitrogens with two attached hydrogens (primary N) is 1. The van der Waals surface area contributed by atoms with Crippen molar-refractivity contribution < 1.29 is 8.42 Å². The molecule has 21 heavy (non-hydrogen) atoms. The van der Waals surface area contributed by atoms with Crippen LogP contribution in [0.25, 0.3) is 22.4 Å². The third kappa shape index (κ3) is 1.99. The van der Waals surface area contributed by atoms with Gasteiger partial charge in [0.05, 0.1) is 22.2 Å². The zero-order chi connectivity index (χ0) is 15.4. The minimum absolute atomic E-state index is 0.212. The Labute approximate surface area is 121 Å². The summed E-state index contributed by atoms with van der Waals surface area (Å²) in [5.74, 6) is 1.07. The number of aromatic nitrogens is 4. The largest absolute Gasteiger partial charge is 0.383 e. The minimum Gasteiger partial charge on any atom is -0.383 e. The fourth-order valence-corrected chi connectivity index (χ4v) is 3.18. The predicted molar refractivity (Wildman–Crippen MR) is 80.4 cm³/mol. The highest BCUT2D eigenvalue weighted by Crippen LogP contribution is 2.30. The highest BCUT2D eigenvalue weighted by atomic mass is 32.2. The van der Waals surface area contributed by atoms with Crippen molar-refractivity contribution in [1.82, 2.24) is 19.3 Å². The topological polar surface area (TPSA) is 95.8 Å². The van der Waals surface area contributed by atoms with Gasteiger partial charge in [-0.05, 0) is 12.1 Å². The number of imidazole rings is 1. The molecule has 3 rings (SSSR count). The third-order valence-corrected chi connectivity index (χ3v) is 4.63. The molecular weight excluding hydrogens is 290 g/mol. The summed E-state index contributed by atoms with van der Waals surface area (Å²) in [6.07, 6.45) is 2.80. The van der Waals surface area contributed by atoms with E-state index >= 15 is 0 Å². The average Bonchev–Trinajstić information content (AvgIpc) is 2.91. The molecule has 0 unspecified atom stereocenters. The summed E-state index contributed by atoms with van der Waals surface area (Å²) in [4.78, 5) is 4.69. The molecule has 2 heterocycles. The van der Waals surface area contributed by atoms with Gasteiger partial charge in [-0.2, -0.15) is 5.10 Å². The highest BCUT2D eigenvalue weighted by molar-refractivity contribution is 7.91. The van der Waals surface area contributed by atoms with Crippen LogP contribution in [0.5, 0.6) is 0 Å². The molecule has 8 heteroatoms. The lowest BCUT2D eigenvalue weighted by Crippen LogP contribution is -2.00. The van der Waals surface area contributed by atoms with Crippen molar-refractivity contribution in [2.45, 2.75) is 4.90 Å². The van der Waals surface area contributed by atoms with Gasteiger partial charge < -0.3 is 10.3 Å². The molecule has 0 spiro atoms. The molecule has 3 aromatic rings. The van der Waals surface area contributed by atoms with E-state index in [1.165, 1.54) is 6.26 Å². The lowest BCUT2D eigenvalue weighted by atomic mass is 10.3. The molecule has 2 N–H and O–H groups in total. The number of anilines is 1. The van der Waals surface area contributed by atoms with Crippen molar-refractivity contribution in [2.24, 2.45) is 14.1 Å². The lowest BCUT2D eigenvalue weighted by Gasteiger charge is -2.02. The Hall–Kier alpha value is -2.35. The van der Waals surface area contributed by atoms with E-state index in [4.69, 9.17) is 5.73 Å². The third-order valence-electron chi connectivity index (χ3n) is 3.50. The van der Waals surface area contributed by atoms with E-state index in [2.05, 4.69) is 10.1 Å². The van der Waals surface area contributed by atoms with E-state index in [9.17, 15) is 8.42 Å². The van der Waals surface area contributed by atoms with Gasteiger partial charge in [0, 0.05) is 20.4 Å². The van der Waals surface area contributed by atoms with Crippen LogP contribution < -0.4 is 5.73 Å². The highest BCUT2D eigenvalue weighted by Gasteiger charge is 2.20. The molecular formula is C13H15N5O2S. The van der Waals surface area contributed by atoms with E-state index in [-0.39, 0.29) is 4.90 Å². The van der Waals surface area contributed by atoms with Crippen molar-refractivity contribution in [1.29, 1.82) is 0 Å². The SMILES string of the molecule is Cn1ncc(-c2nc3c(S(C)(=O)=O)cccc3n2C)c1N. The second-order valence-corrected chi connectivity index (χ2v) is 6.94. The molecule has 0 fully saturated rings. The van der Waals surface area contributed by atoms with Crippen molar-refractivity contribution >= 4 is 26.7 Å². The van der Waals surface area contributed by atoms with Crippen LogP contribution in [0.2, 0.25) is 0 Å². The first-order valence-electron chi connectivity index (χ1n) is 6.24. The van der Waals surface area contributed by atoms with Gasteiger partial charge in [0.25, 0.3) is 0 Å². The first kappa shape index (κ1) is 13.6. The molecule has 0 aliphatic heterocycles. The minimum atomic E-state index is -3.35. The number of fused-ring (bicyclic) bond motifs is 1. The molecule has 1 aromatic carbocycles. The Morgan fingerprint density at radius 3 is 2.52 bits per heavy atom. The van der Waals surface area contributed by atoms with Crippen molar-refractivity contribution in [3.05, 3.63) is 24.4 Å². The number of nitrogen functional groups attached to an aromatic ring is 1. The number of para-hydroxylation sites is 1. The van der Waals surface area contributed by atoms with E-state index in [0.29, 0.717) is 22.7 Å². The maximum Gasteiger partial charge on any atom is 0.177 e. The molecule has 0 atom stereocenters. The van der Waals surface area contributed by atoms with E-state index in [1.54, 1.807) is 30.1 Å². The molecule has 0 bridgehead atoms. The number of aryl methyl sites for hydroxylation is 2. The number of rotatable bonds is 2. The summed E-state index contributed by atoms with van der Waals surface area (Å²) in [6, 6.07) is 5.09. The Morgan fingerprint density at radius 1 is 1.24 bits per heavy atom. The second-order valence-electron chi connectivity index (χ2n) is 4.96. The van der Waals surface area contributed by atoms with E-state index in [1.807, 2.05) is 17.7 Å². The smallest absolute Gasteiger partial charge is 0.177 e. The molecule has 0 saturated heterocycles. The number of nitrogens with zero attached hydrogens (tertiary/aromatic N) is 4.